The van der Waals surface area contributed by atoms with Gasteiger partial charge < -0.3 is 9.47 Å². The second-order valence-electron chi connectivity index (χ2n) is 2.53. The van der Waals surface area contributed by atoms with Crippen LogP contribution >= 0.6 is 0 Å². The monoisotopic (exact) mass is 162 g/mol. The first kappa shape index (κ1) is 7.22. The van der Waals surface area contributed by atoms with Gasteiger partial charge in [0.1, 0.15) is 13.2 Å². The van der Waals surface area contributed by atoms with Crippen LogP contribution in [0.1, 0.15) is 0 Å². The summed E-state index contributed by atoms with van der Waals surface area (Å²) in [6, 6.07) is 0. The van der Waals surface area contributed by atoms with Crippen LogP contribution in [-0.4, -0.2) is 13.2 Å². The molecule has 62 valence electrons. The zero-order chi connectivity index (χ0) is 8.23. The van der Waals surface area contributed by atoms with Gasteiger partial charge in [-0.2, -0.15) is 0 Å². The Balaban J connectivity index is 2.28. The van der Waals surface area contributed by atoms with Gasteiger partial charge in [-0.3, -0.25) is 0 Å². The van der Waals surface area contributed by atoms with E-state index < -0.39 is 0 Å². The standard InChI is InChI=1S/C10H10O2/c1-2-4-6-10-9(5-3-1)11-7-8-12-10/h1-6H,7-8H2. The molecule has 12 heavy (non-hydrogen) atoms. The van der Waals surface area contributed by atoms with Crippen molar-refractivity contribution >= 4 is 0 Å². The van der Waals surface area contributed by atoms with Crippen molar-refractivity contribution in [3.8, 4) is 0 Å². The van der Waals surface area contributed by atoms with Crippen LogP contribution in [-0.2, 0) is 9.47 Å². The van der Waals surface area contributed by atoms with Gasteiger partial charge in [0.05, 0.1) is 0 Å². The summed E-state index contributed by atoms with van der Waals surface area (Å²) >= 11 is 0. The van der Waals surface area contributed by atoms with E-state index in [1.165, 1.54) is 0 Å². The summed E-state index contributed by atoms with van der Waals surface area (Å²) in [5.41, 5.74) is 0. The SMILES string of the molecule is C1=CC=C2OCCOC2=CC=C1. The van der Waals surface area contributed by atoms with Gasteiger partial charge >= 0.3 is 0 Å². The summed E-state index contributed by atoms with van der Waals surface area (Å²) in [5.74, 6) is 1.64. The molecule has 0 bridgehead atoms. The first-order chi connectivity index (χ1) is 5.97. The van der Waals surface area contributed by atoms with Crippen molar-refractivity contribution in [1.29, 1.82) is 0 Å². The van der Waals surface area contributed by atoms with Gasteiger partial charge in [0.2, 0.25) is 0 Å². The Morgan fingerprint density at radius 2 is 1.25 bits per heavy atom. The Labute approximate surface area is 71.5 Å². The van der Waals surface area contributed by atoms with Gasteiger partial charge in [-0.1, -0.05) is 24.3 Å². The predicted molar refractivity (Wildman–Crippen MR) is 46.4 cm³/mol. The van der Waals surface area contributed by atoms with Crippen LogP contribution in [0, 0.1) is 0 Å². The van der Waals surface area contributed by atoms with Gasteiger partial charge in [0, 0.05) is 0 Å². The molecule has 1 aliphatic carbocycles. The molecule has 2 heteroatoms. The quantitative estimate of drug-likeness (QED) is 0.541. The summed E-state index contributed by atoms with van der Waals surface area (Å²) in [7, 11) is 0. The van der Waals surface area contributed by atoms with E-state index >= 15 is 0 Å². The molecule has 0 N–H and O–H groups in total. The average molecular weight is 162 g/mol. The zero-order valence-electron chi connectivity index (χ0n) is 6.69. The van der Waals surface area contributed by atoms with Crippen molar-refractivity contribution < 1.29 is 9.47 Å². The molecule has 2 nitrogen and oxygen atoms in total. The third kappa shape index (κ3) is 1.42. The highest BCUT2D eigenvalue weighted by Gasteiger charge is 2.12. The third-order valence-electron chi connectivity index (χ3n) is 1.67. The van der Waals surface area contributed by atoms with Crippen LogP contribution in [0.5, 0.6) is 0 Å². The second kappa shape index (κ2) is 3.30. The highest BCUT2D eigenvalue weighted by molar-refractivity contribution is 5.32. The Morgan fingerprint density at radius 1 is 0.750 bits per heavy atom. The highest BCUT2D eigenvalue weighted by atomic mass is 16.6. The first-order valence-electron chi connectivity index (χ1n) is 3.98. The van der Waals surface area contributed by atoms with Gasteiger partial charge in [0.15, 0.2) is 11.5 Å². The fourth-order valence-corrected chi connectivity index (χ4v) is 1.12. The number of ether oxygens (including phenoxy) is 2. The van der Waals surface area contributed by atoms with E-state index in [2.05, 4.69) is 0 Å². The van der Waals surface area contributed by atoms with Crippen molar-refractivity contribution in [2.75, 3.05) is 13.2 Å². The van der Waals surface area contributed by atoms with Gasteiger partial charge in [-0.15, -0.1) is 0 Å². The molecule has 0 aromatic rings. The summed E-state index contributed by atoms with van der Waals surface area (Å²) < 4.78 is 10.8. The number of allylic oxidation sites excluding steroid dienone is 6. The number of hydrogen-bond acceptors (Lipinski definition) is 2. The third-order valence-corrected chi connectivity index (χ3v) is 1.67. The molecular weight excluding hydrogens is 152 g/mol. The molecular formula is C10H10O2. The Hall–Kier alpha value is -1.44. The molecule has 0 saturated carbocycles. The Bertz CT molecular complexity index is 252. The first-order valence-corrected chi connectivity index (χ1v) is 3.98. The molecule has 2 rings (SSSR count). The van der Waals surface area contributed by atoms with Crippen LogP contribution in [0.15, 0.2) is 48.0 Å². The molecule has 0 aromatic carbocycles. The van der Waals surface area contributed by atoms with Crippen LogP contribution < -0.4 is 0 Å². The van der Waals surface area contributed by atoms with Crippen LogP contribution in [0.4, 0.5) is 0 Å². The van der Waals surface area contributed by atoms with Crippen molar-refractivity contribution in [3.63, 3.8) is 0 Å². The summed E-state index contributed by atoms with van der Waals surface area (Å²) in [6.07, 6.45) is 11.6. The molecule has 0 spiro atoms. The van der Waals surface area contributed by atoms with E-state index in [0.717, 1.165) is 11.5 Å². The number of hydrogen-bond donors (Lipinski definition) is 0. The van der Waals surface area contributed by atoms with Gasteiger partial charge in [0.25, 0.3) is 0 Å². The van der Waals surface area contributed by atoms with E-state index in [1.54, 1.807) is 0 Å². The minimum absolute atomic E-state index is 0.640. The number of rotatable bonds is 0. The fourth-order valence-electron chi connectivity index (χ4n) is 1.12. The normalized spacial score (nSPS) is 20.7. The van der Waals surface area contributed by atoms with Crippen LogP contribution in [0.3, 0.4) is 0 Å². The van der Waals surface area contributed by atoms with Crippen molar-refractivity contribution in [2.45, 2.75) is 0 Å². The zero-order valence-corrected chi connectivity index (χ0v) is 6.69. The second-order valence-corrected chi connectivity index (χ2v) is 2.53. The Kier molecular flexibility index (Phi) is 1.99. The predicted octanol–water partition coefficient (Wildman–Crippen LogP) is 1.93. The lowest BCUT2D eigenvalue weighted by Crippen LogP contribution is -2.13. The smallest absolute Gasteiger partial charge is 0.161 e. The van der Waals surface area contributed by atoms with E-state index in [1.807, 2.05) is 36.5 Å². The lowest BCUT2D eigenvalue weighted by atomic mass is 10.2. The minimum Gasteiger partial charge on any atom is -0.486 e. The molecule has 0 unspecified atom stereocenters. The maximum Gasteiger partial charge on any atom is 0.161 e. The molecule has 0 aromatic heterocycles. The maximum atomic E-state index is 5.40. The summed E-state index contributed by atoms with van der Waals surface area (Å²) in [6.45, 7) is 1.28. The van der Waals surface area contributed by atoms with Crippen molar-refractivity contribution in [1.82, 2.24) is 0 Å². The largest absolute Gasteiger partial charge is 0.486 e. The van der Waals surface area contributed by atoms with Crippen LogP contribution in [0.25, 0.3) is 0 Å². The average Bonchev–Trinajstić information content (AvgIpc) is 2.06. The fraction of sp³-hybridized carbons (Fsp3) is 0.200. The number of fused-ring (bicyclic) bond motifs is 1. The molecule has 0 atom stereocenters. The van der Waals surface area contributed by atoms with Crippen LogP contribution in [0.2, 0.25) is 0 Å². The lowest BCUT2D eigenvalue weighted by Gasteiger charge is -2.20. The molecule has 0 amide bonds. The highest BCUT2D eigenvalue weighted by Crippen LogP contribution is 2.18. The topological polar surface area (TPSA) is 18.5 Å². The van der Waals surface area contributed by atoms with E-state index in [9.17, 15) is 0 Å². The van der Waals surface area contributed by atoms with E-state index in [-0.39, 0.29) is 0 Å². The molecule has 0 radical (unpaired) electrons. The maximum absolute atomic E-state index is 5.40. The van der Waals surface area contributed by atoms with Gasteiger partial charge in [-0.05, 0) is 12.2 Å². The molecule has 2 aliphatic rings. The van der Waals surface area contributed by atoms with Crippen molar-refractivity contribution in [2.24, 2.45) is 0 Å². The molecule has 1 aliphatic heterocycles. The van der Waals surface area contributed by atoms with Crippen molar-refractivity contribution in [3.05, 3.63) is 48.0 Å². The molecule has 1 fully saturated rings. The summed E-state index contributed by atoms with van der Waals surface area (Å²) in [4.78, 5) is 0. The van der Waals surface area contributed by atoms with E-state index in [0.29, 0.717) is 13.2 Å². The molecule has 1 saturated heterocycles. The lowest BCUT2D eigenvalue weighted by molar-refractivity contribution is 0.0597. The molecule has 1 heterocycles. The van der Waals surface area contributed by atoms with Gasteiger partial charge in [-0.25, -0.2) is 0 Å². The Morgan fingerprint density at radius 3 is 1.75 bits per heavy atom. The minimum atomic E-state index is 0.640. The summed E-state index contributed by atoms with van der Waals surface area (Å²) in [5, 5.41) is 0. The van der Waals surface area contributed by atoms with E-state index in [4.69, 9.17) is 9.47 Å².